The summed E-state index contributed by atoms with van der Waals surface area (Å²) in [5, 5.41) is 0. The molecule has 1 aliphatic rings. The molecule has 1 aromatic rings. The molecule has 1 heterocycles. The fourth-order valence-corrected chi connectivity index (χ4v) is 2.69. The fraction of sp³-hybridized carbons (Fsp3) is 0.579. The van der Waals surface area contributed by atoms with Crippen LogP contribution in [0.5, 0.6) is 0 Å². The van der Waals surface area contributed by atoms with E-state index in [1.54, 1.807) is 0 Å². The second-order valence-electron chi connectivity index (χ2n) is 7.55. The highest BCUT2D eigenvalue weighted by molar-refractivity contribution is 5.50. The molecule has 1 atom stereocenters. The Morgan fingerprint density at radius 3 is 2.35 bits per heavy atom. The molecule has 0 N–H and O–H groups in total. The number of ether oxygens (including phenoxy) is 1. The van der Waals surface area contributed by atoms with Gasteiger partial charge >= 0.3 is 0 Å². The van der Waals surface area contributed by atoms with Crippen molar-refractivity contribution < 1.29 is 4.74 Å². The van der Waals surface area contributed by atoms with E-state index in [9.17, 15) is 0 Å². The van der Waals surface area contributed by atoms with Crippen molar-refractivity contribution in [3.05, 3.63) is 41.5 Å². The third-order valence-electron chi connectivity index (χ3n) is 4.04. The van der Waals surface area contributed by atoms with Gasteiger partial charge in [-0.25, -0.2) is 0 Å². The Morgan fingerprint density at radius 2 is 1.85 bits per heavy atom. The van der Waals surface area contributed by atoms with Crippen molar-refractivity contribution in [1.29, 1.82) is 0 Å². The third-order valence-corrected chi connectivity index (χ3v) is 4.04. The van der Waals surface area contributed by atoms with Crippen LogP contribution in [0.3, 0.4) is 0 Å². The molecule has 1 heteroatoms. The summed E-state index contributed by atoms with van der Waals surface area (Å²) in [6.45, 7) is 11.1. The monoisotopic (exact) mass is 272 g/mol. The molecule has 1 aromatic carbocycles. The summed E-state index contributed by atoms with van der Waals surface area (Å²) in [6, 6.07) is 8.87. The summed E-state index contributed by atoms with van der Waals surface area (Å²) in [6.07, 6.45) is 8.23. The van der Waals surface area contributed by atoms with E-state index < -0.39 is 0 Å². The van der Waals surface area contributed by atoms with E-state index in [1.807, 2.05) is 0 Å². The first-order chi connectivity index (χ1) is 9.26. The SMILES string of the molecule is CC1(C)CC[C@@H](C/C=C/c2ccc(C(C)(C)C)cc2)O1. The Hall–Kier alpha value is -1.08. The van der Waals surface area contributed by atoms with Crippen LogP contribution in [-0.2, 0) is 10.2 Å². The molecule has 0 aliphatic carbocycles. The average molecular weight is 272 g/mol. The van der Waals surface area contributed by atoms with Gasteiger partial charge in [-0.05, 0) is 49.7 Å². The van der Waals surface area contributed by atoms with E-state index in [1.165, 1.54) is 24.0 Å². The first-order valence-electron chi connectivity index (χ1n) is 7.71. The lowest BCUT2D eigenvalue weighted by Crippen LogP contribution is -2.19. The smallest absolute Gasteiger partial charge is 0.0631 e. The van der Waals surface area contributed by atoms with Crippen LogP contribution in [0.2, 0.25) is 0 Å². The van der Waals surface area contributed by atoms with Crippen LogP contribution < -0.4 is 0 Å². The van der Waals surface area contributed by atoms with Crippen LogP contribution in [0.25, 0.3) is 6.08 Å². The summed E-state index contributed by atoms with van der Waals surface area (Å²) in [5.74, 6) is 0. The Bertz CT molecular complexity index is 460. The van der Waals surface area contributed by atoms with Crippen molar-refractivity contribution in [2.45, 2.75) is 71.0 Å². The fourth-order valence-electron chi connectivity index (χ4n) is 2.69. The molecule has 0 unspecified atom stereocenters. The number of hydrogen-bond acceptors (Lipinski definition) is 1. The highest BCUT2D eigenvalue weighted by Crippen LogP contribution is 2.31. The molecular weight excluding hydrogens is 244 g/mol. The molecule has 0 amide bonds. The Morgan fingerprint density at radius 1 is 1.20 bits per heavy atom. The lowest BCUT2D eigenvalue weighted by molar-refractivity contribution is -0.0133. The van der Waals surface area contributed by atoms with Gasteiger partial charge in [-0.3, -0.25) is 0 Å². The molecule has 0 aromatic heterocycles. The second kappa shape index (κ2) is 5.73. The maximum atomic E-state index is 6.00. The maximum absolute atomic E-state index is 6.00. The van der Waals surface area contributed by atoms with E-state index in [2.05, 4.69) is 71.0 Å². The van der Waals surface area contributed by atoms with Crippen LogP contribution in [-0.4, -0.2) is 11.7 Å². The summed E-state index contributed by atoms with van der Waals surface area (Å²) in [5.41, 5.74) is 2.96. The third kappa shape index (κ3) is 4.21. The topological polar surface area (TPSA) is 9.23 Å². The molecule has 0 radical (unpaired) electrons. The van der Waals surface area contributed by atoms with Gasteiger partial charge in [-0.15, -0.1) is 0 Å². The van der Waals surface area contributed by atoms with Crippen LogP contribution >= 0.6 is 0 Å². The van der Waals surface area contributed by atoms with Crippen molar-refractivity contribution in [1.82, 2.24) is 0 Å². The van der Waals surface area contributed by atoms with Crippen molar-refractivity contribution >= 4 is 6.08 Å². The lowest BCUT2D eigenvalue weighted by Gasteiger charge is -2.19. The largest absolute Gasteiger partial charge is 0.372 e. The predicted molar refractivity (Wildman–Crippen MR) is 87.0 cm³/mol. The molecule has 1 fully saturated rings. The molecular formula is C19H28O. The van der Waals surface area contributed by atoms with Gasteiger partial charge in [-0.1, -0.05) is 57.2 Å². The van der Waals surface area contributed by atoms with Crippen molar-refractivity contribution in [2.24, 2.45) is 0 Å². The Labute approximate surface area is 124 Å². The van der Waals surface area contributed by atoms with E-state index in [-0.39, 0.29) is 11.0 Å². The molecule has 0 bridgehead atoms. The molecule has 0 saturated carbocycles. The van der Waals surface area contributed by atoms with Crippen LogP contribution in [0.15, 0.2) is 30.3 Å². The zero-order valence-electron chi connectivity index (χ0n) is 13.6. The Kier molecular flexibility index (Phi) is 4.39. The minimum atomic E-state index is 0.0763. The number of rotatable bonds is 3. The van der Waals surface area contributed by atoms with Gasteiger partial charge in [0.05, 0.1) is 11.7 Å². The van der Waals surface area contributed by atoms with E-state index in [4.69, 9.17) is 4.74 Å². The average Bonchev–Trinajstić information content (AvgIpc) is 2.68. The van der Waals surface area contributed by atoms with Crippen LogP contribution in [0, 0.1) is 0 Å². The van der Waals surface area contributed by atoms with Crippen LogP contribution in [0.1, 0.15) is 65.0 Å². The van der Waals surface area contributed by atoms with Crippen molar-refractivity contribution in [3.63, 3.8) is 0 Å². The molecule has 20 heavy (non-hydrogen) atoms. The van der Waals surface area contributed by atoms with E-state index in [0.29, 0.717) is 6.10 Å². The molecule has 1 nitrogen and oxygen atoms in total. The summed E-state index contributed by atoms with van der Waals surface area (Å²) in [7, 11) is 0. The van der Waals surface area contributed by atoms with Gasteiger partial charge in [0.25, 0.3) is 0 Å². The summed E-state index contributed by atoms with van der Waals surface area (Å²) < 4.78 is 6.00. The quantitative estimate of drug-likeness (QED) is 0.721. The maximum Gasteiger partial charge on any atom is 0.0631 e. The zero-order valence-corrected chi connectivity index (χ0v) is 13.6. The second-order valence-corrected chi connectivity index (χ2v) is 7.55. The standard InChI is InChI=1S/C19H28O/c1-18(2,3)16-11-9-15(10-12-16)7-6-8-17-13-14-19(4,5)20-17/h6-7,9-12,17H,8,13-14H2,1-5H3/b7-6+/t17-/m1/s1. The minimum Gasteiger partial charge on any atom is -0.372 e. The Balaban J connectivity index is 1.89. The van der Waals surface area contributed by atoms with Gasteiger partial charge in [-0.2, -0.15) is 0 Å². The molecule has 0 spiro atoms. The normalized spacial score (nSPS) is 22.6. The van der Waals surface area contributed by atoms with Crippen molar-refractivity contribution in [3.8, 4) is 0 Å². The number of benzene rings is 1. The molecule has 2 rings (SSSR count). The lowest BCUT2D eigenvalue weighted by atomic mass is 9.87. The first-order valence-corrected chi connectivity index (χ1v) is 7.71. The van der Waals surface area contributed by atoms with E-state index >= 15 is 0 Å². The summed E-state index contributed by atoms with van der Waals surface area (Å²) >= 11 is 0. The highest BCUT2D eigenvalue weighted by Gasteiger charge is 2.30. The van der Waals surface area contributed by atoms with Gasteiger partial charge < -0.3 is 4.74 Å². The predicted octanol–water partition coefficient (Wildman–Crippen LogP) is 5.35. The molecule has 1 saturated heterocycles. The summed E-state index contributed by atoms with van der Waals surface area (Å²) in [4.78, 5) is 0. The van der Waals surface area contributed by atoms with Gasteiger partial charge in [0.2, 0.25) is 0 Å². The van der Waals surface area contributed by atoms with Gasteiger partial charge in [0.1, 0.15) is 0 Å². The van der Waals surface area contributed by atoms with Crippen molar-refractivity contribution in [2.75, 3.05) is 0 Å². The first kappa shape index (κ1) is 15.3. The number of hydrogen-bond donors (Lipinski definition) is 0. The van der Waals surface area contributed by atoms with Gasteiger partial charge in [0, 0.05) is 0 Å². The molecule has 1 aliphatic heterocycles. The van der Waals surface area contributed by atoms with Crippen LogP contribution in [0.4, 0.5) is 0 Å². The van der Waals surface area contributed by atoms with Gasteiger partial charge in [0.15, 0.2) is 0 Å². The van der Waals surface area contributed by atoms with E-state index in [0.717, 1.165) is 6.42 Å². The minimum absolute atomic E-state index is 0.0763. The highest BCUT2D eigenvalue weighted by atomic mass is 16.5. The molecule has 110 valence electrons. The zero-order chi connectivity index (χ0) is 14.8.